The molecule has 1 fully saturated rings. The van der Waals surface area contributed by atoms with Crippen molar-refractivity contribution in [2.45, 2.75) is 18.8 Å². The van der Waals surface area contributed by atoms with E-state index in [9.17, 15) is 4.39 Å². The molecule has 1 saturated carbocycles. The van der Waals surface area contributed by atoms with E-state index in [2.05, 4.69) is 15.0 Å². The summed E-state index contributed by atoms with van der Waals surface area (Å²) in [5, 5.41) is 0.297. The molecule has 0 N–H and O–H groups in total. The number of ether oxygens (including phenoxy) is 1. The fourth-order valence-corrected chi connectivity index (χ4v) is 1.73. The molecule has 0 aromatic carbocycles. The molecule has 0 radical (unpaired) electrons. The van der Waals surface area contributed by atoms with Gasteiger partial charge in [0.05, 0.1) is 0 Å². The predicted octanol–water partition coefficient (Wildman–Crippen LogP) is 3.33. The molecular formula is C12H9ClFN3O. The second-order valence-corrected chi connectivity index (χ2v) is 4.44. The fraction of sp³-hybridized carbons (Fsp3) is 0.250. The zero-order valence-corrected chi connectivity index (χ0v) is 10.1. The van der Waals surface area contributed by atoms with E-state index in [-0.39, 0.29) is 11.6 Å². The van der Waals surface area contributed by atoms with Crippen molar-refractivity contribution in [2.24, 2.45) is 0 Å². The second kappa shape index (κ2) is 4.49. The number of rotatable bonds is 3. The predicted molar refractivity (Wildman–Crippen MR) is 63.3 cm³/mol. The van der Waals surface area contributed by atoms with Crippen molar-refractivity contribution in [1.82, 2.24) is 15.0 Å². The first kappa shape index (κ1) is 11.3. The summed E-state index contributed by atoms with van der Waals surface area (Å²) in [6.07, 6.45) is 3.47. The molecule has 0 bridgehead atoms. The van der Waals surface area contributed by atoms with E-state index in [0.29, 0.717) is 16.9 Å². The van der Waals surface area contributed by atoms with Crippen LogP contribution in [0.2, 0.25) is 5.15 Å². The van der Waals surface area contributed by atoms with Crippen molar-refractivity contribution in [3.63, 3.8) is 0 Å². The average molecular weight is 266 g/mol. The highest BCUT2D eigenvalue weighted by Gasteiger charge is 2.27. The molecule has 18 heavy (non-hydrogen) atoms. The van der Waals surface area contributed by atoms with Crippen LogP contribution >= 0.6 is 11.6 Å². The highest BCUT2D eigenvalue weighted by Crippen LogP contribution is 2.39. The van der Waals surface area contributed by atoms with E-state index < -0.39 is 5.95 Å². The highest BCUT2D eigenvalue weighted by molar-refractivity contribution is 6.29. The Hall–Kier alpha value is -1.75. The van der Waals surface area contributed by atoms with Gasteiger partial charge in [0.15, 0.2) is 5.75 Å². The summed E-state index contributed by atoms with van der Waals surface area (Å²) in [4.78, 5) is 11.8. The Balaban J connectivity index is 1.90. The molecule has 1 aliphatic carbocycles. The lowest BCUT2D eigenvalue weighted by molar-refractivity contribution is 0.413. The van der Waals surface area contributed by atoms with Crippen molar-refractivity contribution < 1.29 is 9.13 Å². The maximum absolute atomic E-state index is 13.3. The van der Waals surface area contributed by atoms with Gasteiger partial charge < -0.3 is 4.74 Å². The van der Waals surface area contributed by atoms with Gasteiger partial charge in [0.25, 0.3) is 5.95 Å². The minimum Gasteiger partial charge on any atom is -0.434 e. The lowest BCUT2D eigenvalue weighted by Crippen LogP contribution is -1.98. The van der Waals surface area contributed by atoms with Gasteiger partial charge in [-0.15, -0.1) is 0 Å². The molecule has 0 aliphatic heterocycles. The summed E-state index contributed by atoms with van der Waals surface area (Å²) in [7, 11) is 0. The van der Waals surface area contributed by atoms with Crippen LogP contribution in [0.1, 0.15) is 24.6 Å². The third-order valence-electron chi connectivity index (χ3n) is 2.57. The van der Waals surface area contributed by atoms with Crippen LogP contribution in [0, 0.1) is 5.95 Å². The molecule has 1 aliphatic rings. The number of nitrogens with zero attached hydrogens (tertiary/aromatic N) is 3. The number of hydrogen-bond acceptors (Lipinski definition) is 4. The SMILES string of the molecule is Fc1ncccc1Oc1cc(Cl)nc(C2CC2)n1. The molecular weight excluding hydrogens is 257 g/mol. The van der Waals surface area contributed by atoms with Gasteiger partial charge in [0, 0.05) is 18.2 Å². The Labute approximate surface area is 108 Å². The summed E-state index contributed by atoms with van der Waals surface area (Å²) in [6.45, 7) is 0. The van der Waals surface area contributed by atoms with Crippen LogP contribution in [0.4, 0.5) is 4.39 Å². The number of pyridine rings is 1. The van der Waals surface area contributed by atoms with Crippen LogP contribution in [0.5, 0.6) is 11.6 Å². The maximum atomic E-state index is 13.3. The van der Waals surface area contributed by atoms with Gasteiger partial charge >= 0.3 is 0 Å². The quantitative estimate of drug-likeness (QED) is 0.631. The van der Waals surface area contributed by atoms with Gasteiger partial charge in [0.1, 0.15) is 11.0 Å². The summed E-state index contributed by atoms with van der Waals surface area (Å²) >= 11 is 5.89. The lowest BCUT2D eigenvalue weighted by Gasteiger charge is -2.06. The van der Waals surface area contributed by atoms with Crippen LogP contribution < -0.4 is 4.74 Å². The van der Waals surface area contributed by atoms with E-state index in [4.69, 9.17) is 16.3 Å². The molecule has 0 spiro atoms. The third kappa shape index (κ3) is 2.41. The number of halogens is 2. The minimum atomic E-state index is -0.680. The van der Waals surface area contributed by atoms with Crippen molar-refractivity contribution in [3.8, 4) is 11.6 Å². The molecule has 2 aromatic rings. The first-order valence-corrected chi connectivity index (χ1v) is 5.93. The summed E-state index contributed by atoms with van der Waals surface area (Å²) < 4.78 is 18.7. The second-order valence-electron chi connectivity index (χ2n) is 4.06. The summed E-state index contributed by atoms with van der Waals surface area (Å²) in [5.41, 5.74) is 0. The van der Waals surface area contributed by atoms with Crippen LogP contribution in [-0.2, 0) is 0 Å². The number of hydrogen-bond donors (Lipinski definition) is 0. The topological polar surface area (TPSA) is 47.9 Å². The standard InChI is InChI=1S/C12H9ClFN3O/c13-9-6-10(17-12(16-9)7-3-4-7)18-8-2-1-5-15-11(8)14/h1-2,5-7H,3-4H2. The van der Waals surface area contributed by atoms with E-state index >= 15 is 0 Å². The van der Waals surface area contributed by atoms with Crippen LogP contribution in [0.15, 0.2) is 24.4 Å². The third-order valence-corrected chi connectivity index (χ3v) is 2.76. The minimum absolute atomic E-state index is 0.0222. The van der Waals surface area contributed by atoms with E-state index in [1.165, 1.54) is 18.3 Å². The molecule has 0 unspecified atom stereocenters. The normalized spacial score (nSPS) is 14.6. The van der Waals surface area contributed by atoms with E-state index in [1.54, 1.807) is 6.07 Å². The Morgan fingerprint density at radius 1 is 1.33 bits per heavy atom. The van der Waals surface area contributed by atoms with Crippen LogP contribution in [0.25, 0.3) is 0 Å². The Morgan fingerprint density at radius 2 is 2.17 bits per heavy atom. The van der Waals surface area contributed by atoms with Crippen molar-refractivity contribution in [1.29, 1.82) is 0 Å². The number of aromatic nitrogens is 3. The van der Waals surface area contributed by atoms with Crippen molar-refractivity contribution in [3.05, 3.63) is 41.3 Å². The van der Waals surface area contributed by atoms with Gasteiger partial charge in [0.2, 0.25) is 5.88 Å². The van der Waals surface area contributed by atoms with Gasteiger partial charge in [-0.2, -0.15) is 9.37 Å². The van der Waals surface area contributed by atoms with Gasteiger partial charge in [-0.1, -0.05) is 11.6 Å². The molecule has 0 amide bonds. The molecule has 0 atom stereocenters. The van der Waals surface area contributed by atoms with Gasteiger partial charge in [-0.05, 0) is 25.0 Å². The maximum Gasteiger partial charge on any atom is 0.255 e. The molecule has 2 heterocycles. The average Bonchev–Trinajstić information content (AvgIpc) is 3.15. The summed E-state index contributed by atoms with van der Waals surface area (Å²) in [5.74, 6) is 0.588. The molecule has 0 saturated heterocycles. The fourth-order valence-electron chi connectivity index (χ4n) is 1.55. The van der Waals surface area contributed by atoms with Crippen LogP contribution in [-0.4, -0.2) is 15.0 Å². The summed E-state index contributed by atoms with van der Waals surface area (Å²) in [6, 6.07) is 4.53. The van der Waals surface area contributed by atoms with E-state index in [1.807, 2.05) is 0 Å². The van der Waals surface area contributed by atoms with Crippen LogP contribution in [0.3, 0.4) is 0 Å². The zero-order valence-electron chi connectivity index (χ0n) is 9.31. The molecule has 6 heteroatoms. The molecule has 92 valence electrons. The largest absolute Gasteiger partial charge is 0.434 e. The van der Waals surface area contributed by atoms with Crippen molar-refractivity contribution >= 4 is 11.6 Å². The Kier molecular flexibility index (Phi) is 2.83. The van der Waals surface area contributed by atoms with Gasteiger partial charge in [-0.3, -0.25) is 0 Å². The lowest BCUT2D eigenvalue weighted by atomic mass is 10.4. The molecule has 3 rings (SSSR count). The van der Waals surface area contributed by atoms with Gasteiger partial charge in [-0.25, -0.2) is 9.97 Å². The Bertz CT molecular complexity index is 589. The monoisotopic (exact) mass is 265 g/mol. The zero-order chi connectivity index (χ0) is 12.5. The van der Waals surface area contributed by atoms with Crippen molar-refractivity contribution in [2.75, 3.05) is 0 Å². The Morgan fingerprint density at radius 3 is 2.89 bits per heavy atom. The highest BCUT2D eigenvalue weighted by atomic mass is 35.5. The smallest absolute Gasteiger partial charge is 0.255 e. The first-order valence-electron chi connectivity index (χ1n) is 5.55. The molecule has 2 aromatic heterocycles. The van der Waals surface area contributed by atoms with E-state index in [0.717, 1.165) is 12.8 Å². The first-order chi connectivity index (χ1) is 8.72. The molecule has 4 nitrogen and oxygen atoms in total.